The number of rotatable bonds is 4. The highest BCUT2D eigenvalue weighted by Gasteiger charge is 2.21. The van der Waals surface area contributed by atoms with E-state index in [1.54, 1.807) is 0 Å². The van der Waals surface area contributed by atoms with Gasteiger partial charge in [0.1, 0.15) is 6.54 Å². The molecular formula is C14H22N2O2. The Labute approximate surface area is 108 Å². The van der Waals surface area contributed by atoms with E-state index in [0.717, 1.165) is 6.42 Å². The van der Waals surface area contributed by atoms with Gasteiger partial charge in [0, 0.05) is 18.4 Å². The van der Waals surface area contributed by atoms with Crippen LogP contribution in [0.15, 0.2) is 12.4 Å². The van der Waals surface area contributed by atoms with E-state index in [2.05, 4.69) is 17.7 Å². The number of carbonyl (C=O) groups excluding carboxylic acids is 1. The average Bonchev–Trinajstić information content (AvgIpc) is 2.69. The first kappa shape index (κ1) is 13.1. The van der Waals surface area contributed by atoms with Gasteiger partial charge >= 0.3 is 5.97 Å². The molecule has 1 aliphatic carbocycles. The largest absolute Gasteiger partial charge is 0.462 e. The molecule has 2 rings (SSSR count). The summed E-state index contributed by atoms with van der Waals surface area (Å²) in [6.07, 6.45) is 7.60. The van der Waals surface area contributed by atoms with E-state index < -0.39 is 0 Å². The molecule has 0 saturated carbocycles. The molecule has 1 N–H and O–H groups in total. The lowest BCUT2D eigenvalue weighted by atomic mass is 9.91. The zero-order chi connectivity index (χ0) is 13.1. The van der Waals surface area contributed by atoms with E-state index in [9.17, 15) is 4.79 Å². The Morgan fingerprint density at radius 2 is 2.33 bits per heavy atom. The maximum Gasteiger partial charge on any atom is 0.326 e. The monoisotopic (exact) mass is 250 g/mol. The lowest BCUT2D eigenvalue weighted by Gasteiger charge is -2.21. The summed E-state index contributed by atoms with van der Waals surface area (Å²) in [6.45, 7) is 4.05. The number of aromatic nitrogens is 1. The van der Waals surface area contributed by atoms with Crippen LogP contribution in [0.1, 0.15) is 43.9 Å². The summed E-state index contributed by atoms with van der Waals surface area (Å²) in [5.74, 6) is -0.168. The molecule has 100 valence electrons. The summed E-state index contributed by atoms with van der Waals surface area (Å²) >= 11 is 0. The zero-order valence-corrected chi connectivity index (χ0v) is 11.4. The molecule has 1 heterocycles. The summed E-state index contributed by atoms with van der Waals surface area (Å²) in [7, 11) is 1.99. The van der Waals surface area contributed by atoms with E-state index in [4.69, 9.17) is 4.74 Å². The third-order valence-corrected chi connectivity index (χ3v) is 3.34. The van der Waals surface area contributed by atoms with Crippen molar-refractivity contribution in [3.05, 3.63) is 23.5 Å². The van der Waals surface area contributed by atoms with Crippen LogP contribution in [0, 0.1) is 0 Å². The van der Waals surface area contributed by atoms with Crippen molar-refractivity contribution in [3.63, 3.8) is 0 Å². The molecule has 0 spiro atoms. The second-order valence-electron chi connectivity index (χ2n) is 5.18. The van der Waals surface area contributed by atoms with Crippen molar-refractivity contribution in [2.24, 2.45) is 0 Å². The first-order valence-corrected chi connectivity index (χ1v) is 6.65. The van der Waals surface area contributed by atoms with Gasteiger partial charge in [0.15, 0.2) is 0 Å². The molecule has 1 aromatic heterocycles. The molecule has 1 unspecified atom stereocenters. The quantitative estimate of drug-likeness (QED) is 0.832. The first-order chi connectivity index (χ1) is 8.60. The Kier molecular flexibility index (Phi) is 4.07. The second-order valence-corrected chi connectivity index (χ2v) is 5.18. The van der Waals surface area contributed by atoms with Crippen LogP contribution in [0.3, 0.4) is 0 Å². The van der Waals surface area contributed by atoms with Crippen molar-refractivity contribution in [1.29, 1.82) is 0 Å². The van der Waals surface area contributed by atoms with Gasteiger partial charge in [-0.3, -0.25) is 4.79 Å². The van der Waals surface area contributed by atoms with Gasteiger partial charge in [-0.25, -0.2) is 0 Å². The zero-order valence-electron chi connectivity index (χ0n) is 11.4. The molecule has 18 heavy (non-hydrogen) atoms. The standard InChI is InChI=1S/C14H22N2O2/c1-10(2)18-14(17)9-16-7-11-5-4-6-13(15-3)12(11)8-16/h7-8,10,13,15H,4-6,9H2,1-3H3. The average molecular weight is 250 g/mol. The minimum atomic E-state index is -0.168. The van der Waals surface area contributed by atoms with Crippen molar-refractivity contribution in [2.45, 2.75) is 51.8 Å². The van der Waals surface area contributed by atoms with Crippen molar-refractivity contribution < 1.29 is 9.53 Å². The molecule has 4 heteroatoms. The minimum Gasteiger partial charge on any atom is -0.462 e. The van der Waals surface area contributed by atoms with Crippen LogP contribution in [0.5, 0.6) is 0 Å². The van der Waals surface area contributed by atoms with Gasteiger partial charge in [0.2, 0.25) is 0 Å². The SMILES string of the molecule is CNC1CCCc2cn(CC(=O)OC(C)C)cc21. The summed E-state index contributed by atoms with van der Waals surface area (Å²) in [5, 5.41) is 3.33. The molecular weight excluding hydrogens is 228 g/mol. The van der Waals surface area contributed by atoms with Gasteiger partial charge < -0.3 is 14.6 Å². The lowest BCUT2D eigenvalue weighted by molar-refractivity contribution is -0.148. The van der Waals surface area contributed by atoms with Crippen molar-refractivity contribution >= 4 is 5.97 Å². The van der Waals surface area contributed by atoms with Gasteiger partial charge in [-0.05, 0) is 51.3 Å². The summed E-state index contributed by atoms with van der Waals surface area (Å²) in [5.41, 5.74) is 2.69. The number of esters is 1. The number of ether oxygens (including phenoxy) is 1. The number of carbonyl (C=O) groups is 1. The van der Waals surface area contributed by atoms with Crippen LogP contribution in [0.25, 0.3) is 0 Å². The van der Waals surface area contributed by atoms with Crippen LogP contribution in [-0.2, 0) is 22.5 Å². The molecule has 0 amide bonds. The Hall–Kier alpha value is -1.29. The lowest BCUT2D eigenvalue weighted by Crippen LogP contribution is -2.20. The molecule has 0 radical (unpaired) electrons. The number of hydrogen-bond acceptors (Lipinski definition) is 3. The normalized spacial score (nSPS) is 18.8. The van der Waals surface area contributed by atoms with Crippen LogP contribution in [0.4, 0.5) is 0 Å². The van der Waals surface area contributed by atoms with E-state index in [-0.39, 0.29) is 12.1 Å². The predicted octanol–water partition coefficient (Wildman–Crippen LogP) is 2.04. The van der Waals surface area contributed by atoms with Crippen LogP contribution >= 0.6 is 0 Å². The molecule has 0 fully saturated rings. The van der Waals surface area contributed by atoms with Crippen molar-refractivity contribution in [3.8, 4) is 0 Å². The summed E-state index contributed by atoms with van der Waals surface area (Å²) in [6, 6.07) is 0.427. The third-order valence-electron chi connectivity index (χ3n) is 3.34. The number of fused-ring (bicyclic) bond motifs is 1. The maximum atomic E-state index is 11.6. The molecule has 0 bridgehead atoms. The van der Waals surface area contributed by atoms with Crippen molar-refractivity contribution in [2.75, 3.05) is 7.05 Å². The van der Waals surface area contributed by atoms with E-state index in [0.29, 0.717) is 12.6 Å². The van der Waals surface area contributed by atoms with Gasteiger partial charge in [-0.2, -0.15) is 0 Å². The minimum absolute atomic E-state index is 0.0484. The van der Waals surface area contributed by atoms with E-state index in [1.807, 2.05) is 25.5 Å². The maximum absolute atomic E-state index is 11.6. The van der Waals surface area contributed by atoms with Crippen molar-refractivity contribution in [1.82, 2.24) is 9.88 Å². The fourth-order valence-corrected chi connectivity index (χ4v) is 2.59. The summed E-state index contributed by atoms with van der Waals surface area (Å²) < 4.78 is 7.11. The molecule has 1 atom stereocenters. The highest BCUT2D eigenvalue weighted by atomic mass is 16.5. The van der Waals surface area contributed by atoms with Gasteiger partial charge in [0.05, 0.1) is 6.10 Å². The first-order valence-electron chi connectivity index (χ1n) is 6.65. The second kappa shape index (κ2) is 5.57. The van der Waals surface area contributed by atoms with Crippen LogP contribution in [-0.4, -0.2) is 23.7 Å². The smallest absolute Gasteiger partial charge is 0.326 e. The number of hydrogen-bond donors (Lipinski definition) is 1. The fraction of sp³-hybridized carbons (Fsp3) is 0.643. The molecule has 0 aliphatic heterocycles. The van der Waals surface area contributed by atoms with E-state index >= 15 is 0 Å². The van der Waals surface area contributed by atoms with Crippen LogP contribution < -0.4 is 5.32 Å². The molecule has 1 aromatic rings. The third kappa shape index (κ3) is 2.93. The van der Waals surface area contributed by atoms with E-state index in [1.165, 1.54) is 24.0 Å². The molecule has 1 aliphatic rings. The van der Waals surface area contributed by atoms with Crippen LogP contribution in [0.2, 0.25) is 0 Å². The molecule has 4 nitrogen and oxygen atoms in total. The predicted molar refractivity (Wildman–Crippen MR) is 70.4 cm³/mol. The van der Waals surface area contributed by atoms with Gasteiger partial charge in [-0.1, -0.05) is 0 Å². The Morgan fingerprint density at radius 1 is 1.56 bits per heavy atom. The van der Waals surface area contributed by atoms with Gasteiger partial charge in [0.25, 0.3) is 0 Å². The highest BCUT2D eigenvalue weighted by molar-refractivity contribution is 5.69. The summed E-state index contributed by atoms with van der Waals surface area (Å²) in [4.78, 5) is 11.6. The Balaban J connectivity index is 2.07. The number of nitrogens with zero attached hydrogens (tertiary/aromatic N) is 1. The number of aryl methyl sites for hydroxylation is 1. The van der Waals surface area contributed by atoms with Gasteiger partial charge in [-0.15, -0.1) is 0 Å². The number of nitrogens with one attached hydrogen (secondary N) is 1. The topological polar surface area (TPSA) is 43.3 Å². The Morgan fingerprint density at radius 3 is 3.00 bits per heavy atom. The molecule has 0 aromatic carbocycles. The fourth-order valence-electron chi connectivity index (χ4n) is 2.59. The molecule has 0 saturated heterocycles. The highest BCUT2D eigenvalue weighted by Crippen LogP contribution is 2.30. The Bertz CT molecular complexity index is 423.